The van der Waals surface area contributed by atoms with Crippen molar-refractivity contribution in [3.63, 3.8) is 0 Å². The molecule has 0 atom stereocenters. The van der Waals surface area contributed by atoms with Crippen molar-refractivity contribution in [1.82, 2.24) is 0 Å². The third-order valence-corrected chi connectivity index (χ3v) is 5.08. The van der Waals surface area contributed by atoms with Gasteiger partial charge in [-0.25, -0.2) is 12.1 Å². The monoisotopic (exact) mass is 561 g/mol. The van der Waals surface area contributed by atoms with Crippen LogP contribution >= 0.6 is 0 Å². The van der Waals surface area contributed by atoms with E-state index in [2.05, 4.69) is 91.0 Å². The normalized spacial score (nSPS) is 11.0. The Morgan fingerprint density at radius 3 is 1.84 bits per heavy atom. The second-order valence-electron chi connectivity index (χ2n) is 9.83. The zero-order valence-electron chi connectivity index (χ0n) is 20.8. The molecule has 4 rings (SSSR count). The van der Waals surface area contributed by atoms with E-state index in [0.29, 0.717) is 0 Å². The molecule has 0 aliphatic heterocycles. The molecule has 3 aromatic rings. The van der Waals surface area contributed by atoms with E-state index < -0.39 is 0 Å². The van der Waals surface area contributed by atoms with Gasteiger partial charge in [0.15, 0.2) is 0 Å². The fraction of sp³-hybridized carbons (Fsp3) is 0.393. The molecule has 0 unspecified atom stereocenters. The van der Waals surface area contributed by atoms with Crippen LogP contribution in [0.15, 0.2) is 60.7 Å². The minimum Gasteiger partial charge on any atom is -1.00 e. The average molecular weight is 564 g/mol. The fourth-order valence-corrected chi connectivity index (χ4v) is 3.58. The molecule has 3 aromatic carbocycles. The Labute approximate surface area is 231 Å². The average Bonchev–Trinajstić information content (AvgIpc) is 3.31. The van der Waals surface area contributed by atoms with Crippen LogP contribution in [0.2, 0.25) is 13.1 Å². The van der Waals surface area contributed by atoms with Crippen LogP contribution in [0.3, 0.4) is 0 Å². The predicted octanol–water partition coefficient (Wildman–Crippen LogP) is 1.58. The molecule has 171 valence electrons. The molecule has 0 aromatic heterocycles. The van der Waals surface area contributed by atoms with E-state index >= 15 is 0 Å². The van der Waals surface area contributed by atoms with E-state index in [1.54, 1.807) is 0 Å². The first kappa shape index (κ1) is 33.6. The van der Waals surface area contributed by atoms with Crippen LogP contribution < -0.4 is 24.8 Å². The van der Waals surface area contributed by atoms with Crippen molar-refractivity contribution < 1.29 is 51.0 Å². The van der Waals surface area contributed by atoms with Gasteiger partial charge in [0.1, 0.15) is 0 Å². The molecule has 4 heteroatoms. The van der Waals surface area contributed by atoms with Crippen LogP contribution in [0.5, 0.6) is 0 Å². The Bertz CT molecular complexity index is 887. The van der Waals surface area contributed by atoms with Crippen LogP contribution in [-0.2, 0) is 43.5 Å². The molecule has 0 spiro atoms. The molecule has 32 heavy (non-hydrogen) atoms. The third kappa shape index (κ3) is 9.02. The first-order valence-electron chi connectivity index (χ1n) is 10.7. The van der Waals surface area contributed by atoms with E-state index in [1.807, 2.05) is 30.3 Å². The minimum absolute atomic E-state index is 0. The van der Waals surface area contributed by atoms with Gasteiger partial charge in [-0.1, -0.05) is 83.8 Å². The van der Waals surface area contributed by atoms with Crippen molar-refractivity contribution >= 4 is 9.52 Å². The molecule has 0 amide bonds. The maximum absolute atomic E-state index is 3.55. The minimum atomic E-state index is 0. The SMILES string of the molecule is CC(C)(C)c1c[c-]c2c(c1)-c1cccc(C(C)(C)C)c1C2.C[SiH]C.[Cl-].[Cl-].[Zr+4].c1cc[cH-]c1. The van der Waals surface area contributed by atoms with Gasteiger partial charge in [0, 0.05) is 9.52 Å². The van der Waals surface area contributed by atoms with Crippen LogP contribution in [0, 0.1) is 6.07 Å². The van der Waals surface area contributed by atoms with Gasteiger partial charge in [-0.3, -0.25) is 0 Å². The number of fused-ring (bicyclic) bond motifs is 3. The molecule has 1 radical (unpaired) electrons. The van der Waals surface area contributed by atoms with Gasteiger partial charge in [-0.15, -0.1) is 5.56 Å². The molecule has 0 nitrogen and oxygen atoms in total. The van der Waals surface area contributed by atoms with Gasteiger partial charge in [0.05, 0.1) is 0 Å². The summed E-state index contributed by atoms with van der Waals surface area (Å²) in [6.45, 7) is 18.1. The summed E-state index contributed by atoms with van der Waals surface area (Å²) in [6, 6.07) is 24.9. The molecular weight excluding hydrogens is 527 g/mol. The summed E-state index contributed by atoms with van der Waals surface area (Å²) in [4.78, 5) is 0. The van der Waals surface area contributed by atoms with Gasteiger partial charge >= 0.3 is 26.2 Å². The molecule has 0 N–H and O–H groups in total. The molecular formula is C28H37Cl2SiZr. The Hall–Kier alpha value is -0.530. The number of hydrogen-bond donors (Lipinski definition) is 0. The van der Waals surface area contributed by atoms with Gasteiger partial charge in [-0.2, -0.15) is 47.5 Å². The van der Waals surface area contributed by atoms with Gasteiger partial charge < -0.3 is 24.8 Å². The van der Waals surface area contributed by atoms with Crippen molar-refractivity contribution in [3.8, 4) is 11.1 Å². The van der Waals surface area contributed by atoms with E-state index in [-0.39, 0.29) is 61.8 Å². The van der Waals surface area contributed by atoms with Gasteiger partial charge in [-0.05, 0) is 23.0 Å². The van der Waals surface area contributed by atoms with E-state index in [1.165, 1.54) is 33.4 Å². The number of benzene rings is 2. The molecule has 0 heterocycles. The van der Waals surface area contributed by atoms with Gasteiger partial charge in [0.25, 0.3) is 0 Å². The van der Waals surface area contributed by atoms with Crippen molar-refractivity contribution in [3.05, 3.63) is 89.0 Å². The second-order valence-corrected chi connectivity index (χ2v) is 11.0. The first-order chi connectivity index (χ1) is 13.6. The quantitative estimate of drug-likeness (QED) is 0.225. The van der Waals surface area contributed by atoms with Crippen molar-refractivity contribution in [1.29, 1.82) is 0 Å². The Morgan fingerprint density at radius 1 is 0.844 bits per heavy atom. The Balaban J connectivity index is 0. The van der Waals surface area contributed by atoms with Crippen LogP contribution in [0.1, 0.15) is 63.8 Å². The number of halogens is 2. The zero-order valence-corrected chi connectivity index (χ0v) is 25.9. The second kappa shape index (κ2) is 14.7. The maximum Gasteiger partial charge on any atom is 4.00 e. The maximum atomic E-state index is 3.55. The summed E-state index contributed by atoms with van der Waals surface area (Å²) >= 11 is 0. The smallest absolute Gasteiger partial charge is 1.00 e. The number of rotatable bonds is 0. The molecule has 0 bridgehead atoms. The van der Waals surface area contributed by atoms with Crippen molar-refractivity contribution in [2.45, 2.75) is 71.9 Å². The molecule has 1 aliphatic carbocycles. The van der Waals surface area contributed by atoms with E-state index in [0.717, 1.165) is 15.9 Å². The molecule has 1 aliphatic rings. The zero-order chi connectivity index (χ0) is 21.7. The summed E-state index contributed by atoms with van der Waals surface area (Å²) in [5.74, 6) is 0. The van der Waals surface area contributed by atoms with Crippen LogP contribution in [-0.4, -0.2) is 9.52 Å². The molecule has 0 saturated carbocycles. The van der Waals surface area contributed by atoms with Crippen LogP contribution in [0.4, 0.5) is 0 Å². The summed E-state index contributed by atoms with van der Waals surface area (Å²) < 4.78 is 0. The number of hydrogen-bond acceptors (Lipinski definition) is 0. The molecule has 0 fully saturated rings. The molecule has 0 saturated heterocycles. The summed E-state index contributed by atoms with van der Waals surface area (Å²) in [5, 5.41) is 0. The predicted molar refractivity (Wildman–Crippen MR) is 132 cm³/mol. The fourth-order valence-electron chi connectivity index (χ4n) is 3.58. The summed E-state index contributed by atoms with van der Waals surface area (Å²) in [5.41, 5.74) is 8.88. The van der Waals surface area contributed by atoms with Gasteiger partial charge in [0.2, 0.25) is 0 Å². The van der Waals surface area contributed by atoms with Crippen molar-refractivity contribution in [2.75, 3.05) is 0 Å². The largest absolute Gasteiger partial charge is 4.00 e. The Morgan fingerprint density at radius 2 is 1.41 bits per heavy atom. The first-order valence-corrected chi connectivity index (χ1v) is 13.0. The van der Waals surface area contributed by atoms with E-state index in [4.69, 9.17) is 0 Å². The topological polar surface area (TPSA) is 0 Å². The summed E-state index contributed by atoms with van der Waals surface area (Å²) in [7, 11) is 0.750. The van der Waals surface area contributed by atoms with Crippen molar-refractivity contribution in [2.24, 2.45) is 0 Å². The summed E-state index contributed by atoms with van der Waals surface area (Å²) in [6.07, 6.45) is 1.03. The Kier molecular flexibility index (Phi) is 15.4. The van der Waals surface area contributed by atoms with E-state index in [9.17, 15) is 0 Å². The third-order valence-electron chi connectivity index (χ3n) is 5.08. The standard InChI is InChI=1S/C21H25.C5H5.C2H7Si.2ClH.Zr/c1-20(2,3)15-11-10-14-12-18-16(17(14)13-15)8-7-9-19(18)21(4,5)6;1-2-4-5-3-1;1-3-2;;;/h7-9,11,13H,12H2,1-6H3;1-5H;3H,1-2H3;2*1H;/q2*-1;;;;+4/p-2. The van der Waals surface area contributed by atoms with Crippen LogP contribution in [0.25, 0.3) is 11.1 Å².